The first-order valence-corrected chi connectivity index (χ1v) is 9.53. The second-order valence-corrected chi connectivity index (χ2v) is 7.63. The van der Waals surface area contributed by atoms with Crippen LogP contribution in [0, 0.1) is 0 Å². The lowest BCUT2D eigenvalue weighted by molar-refractivity contribution is 1.04. The summed E-state index contributed by atoms with van der Waals surface area (Å²) in [5, 5.41) is 1.17. The molecule has 0 amide bonds. The molecule has 0 radical (unpaired) electrons. The van der Waals surface area contributed by atoms with Crippen molar-refractivity contribution >= 4 is 40.8 Å². The van der Waals surface area contributed by atoms with Gasteiger partial charge in [-0.3, -0.25) is 0 Å². The van der Waals surface area contributed by atoms with Crippen LogP contribution in [-0.2, 0) is 12.3 Å². The van der Waals surface area contributed by atoms with Gasteiger partial charge in [-0.25, -0.2) is 4.98 Å². The van der Waals surface area contributed by atoms with E-state index >= 15 is 0 Å². The highest BCUT2D eigenvalue weighted by Crippen LogP contribution is 2.49. The average Bonchev–Trinajstić information content (AvgIpc) is 2.61. The Morgan fingerprint density at radius 3 is 2.64 bits per heavy atom. The molecule has 1 aliphatic rings. The van der Waals surface area contributed by atoms with Crippen LogP contribution < -0.4 is 11.5 Å². The van der Waals surface area contributed by atoms with Gasteiger partial charge in [-0.05, 0) is 17.7 Å². The van der Waals surface area contributed by atoms with Gasteiger partial charge in [-0.1, -0.05) is 53.5 Å². The molecule has 0 spiro atoms. The summed E-state index contributed by atoms with van der Waals surface area (Å²) in [4.78, 5) is 5.73. The first-order chi connectivity index (χ1) is 12.1. The molecule has 3 aromatic rings. The van der Waals surface area contributed by atoms with Crippen LogP contribution >= 0.6 is 35.0 Å². The minimum Gasteiger partial charge on any atom is -0.383 e. The lowest BCUT2D eigenvalue weighted by Gasteiger charge is -2.24. The number of nitrogen functional groups attached to an aromatic ring is 1. The van der Waals surface area contributed by atoms with E-state index in [-0.39, 0.29) is 0 Å². The summed E-state index contributed by atoms with van der Waals surface area (Å²) >= 11 is 14.3. The van der Waals surface area contributed by atoms with Crippen molar-refractivity contribution in [2.24, 2.45) is 5.73 Å². The van der Waals surface area contributed by atoms with Crippen molar-refractivity contribution in [3.8, 4) is 22.4 Å². The van der Waals surface area contributed by atoms with Crippen molar-refractivity contribution in [3.63, 3.8) is 0 Å². The molecule has 0 aliphatic carbocycles. The SMILES string of the molecule is NCc1c(N)nc2c(c1-c1ccc(Cl)cc1Cl)SCc1ccccc1-2. The van der Waals surface area contributed by atoms with E-state index in [9.17, 15) is 0 Å². The molecule has 0 saturated carbocycles. The largest absolute Gasteiger partial charge is 0.383 e. The van der Waals surface area contributed by atoms with E-state index in [0.29, 0.717) is 22.4 Å². The van der Waals surface area contributed by atoms with Gasteiger partial charge < -0.3 is 11.5 Å². The number of nitrogens with two attached hydrogens (primary N) is 2. The Bertz CT molecular complexity index is 989. The van der Waals surface area contributed by atoms with Crippen molar-refractivity contribution in [1.29, 1.82) is 0 Å². The van der Waals surface area contributed by atoms with Crippen LogP contribution in [-0.4, -0.2) is 4.98 Å². The van der Waals surface area contributed by atoms with Crippen molar-refractivity contribution in [2.45, 2.75) is 17.2 Å². The third-order valence-electron chi connectivity index (χ3n) is 4.33. The maximum atomic E-state index is 6.49. The van der Waals surface area contributed by atoms with Gasteiger partial charge in [-0.15, -0.1) is 11.8 Å². The van der Waals surface area contributed by atoms with E-state index in [1.807, 2.05) is 24.3 Å². The number of rotatable bonds is 2. The third kappa shape index (κ3) is 2.79. The van der Waals surface area contributed by atoms with Gasteiger partial charge in [0.05, 0.1) is 5.69 Å². The summed E-state index contributed by atoms with van der Waals surface area (Å²) in [6.07, 6.45) is 0. The van der Waals surface area contributed by atoms with Crippen LogP contribution in [0.1, 0.15) is 11.1 Å². The molecule has 0 fully saturated rings. The summed E-state index contributed by atoms with van der Waals surface area (Å²) in [7, 11) is 0. The lowest BCUT2D eigenvalue weighted by atomic mass is 9.96. The second kappa shape index (κ2) is 6.54. The predicted octanol–water partition coefficient (Wildman–Crippen LogP) is 5.37. The zero-order valence-corrected chi connectivity index (χ0v) is 15.6. The fraction of sp³-hybridized carbons (Fsp3) is 0.105. The normalized spacial score (nSPS) is 12.6. The minimum absolute atomic E-state index is 0.294. The zero-order valence-electron chi connectivity index (χ0n) is 13.2. The first kappa shape index (κ1) is 16.7. The molecule has 4 rings (SSSR count). The Morgan fingerprint density at radius 2 is 1.88 bits per heavy atom. The number of aromatic nitrogens is 1. The number of nitrogens with zero attached hydrogens (tertiary/aromatic N) is 1. The molecule has 6 heteroatoms. The van der Waals surface area contributed by atoms with Gasteiger partial charge in [0.2, 0.25) is 0 Å². The molecular weight excluding hydrogens is 373 g/mol. The lowest BCUT2D eigenvalue weighted by Crippen LogP contribution is -2.11. The van der Waals surface area contributed by atoms with E-state index < -0.39 is 0 Å². The van der Waals surface area contributed by atoms with Crippen molar-refractivity contribution < 1.29 is 0 Å². The van der Waals surface area contributed by atoms with E-state index in [2.05, 4.69) is 17.1 Å². The molecule has 4 N–H and O–H groups in total. The molecule has 0 bridgehead atoms. The first-order valence-electron chi connectivity index (χ1n) is 7.79. The summed E-state index contributed by atoms with van der Waals surface area (Å²) in [5.74, 6) is 1.32. The highest BCUT2D eigenvalue weighted by atomic mass is 35.5. The van der Waals surface area contributed by atoms with Crippen LogP contribution in [0.3, 0.4) is 0 Å². The van der Waals surface area contributed by atoms with Gasteiger partial charge in [0.25, 0.3) is 0 Å². The van der Waals surface area contributed by atoms with E-state index in [1.165, 1.54) is 5.56 Å². The monoisotopic (exact) mass is 387 g/mol. The molecule has 0 atom stereocenters. The minimum atomic E-state index is 0.294. The van der Waals surface area contributed by atoms with Crippen LogP contribution in [0.15, 0.2) is 47.4 Å². The number of benzene rings is 2. The predicted molar refractivity (Wildman–Crippen MR) is 107 cm³/mol. The number of hydrogen-bond acceptors (Lipinski definition) is 4. The number of pyridine rings is 1. The van der Waals surface area contributed by atoms with Gasteiger partial charge in [0, 0.05) is 49.5 Å². The molecule has 1 aromatic heterocycles. The quantitative estimate of drug-likeness (QED) is 0.620. The van der Waals surface area contributed by atoms with Crippen molar-refractivity contribution in [3.05, 3.63) is 63.6 Å². The standard InChI is InChI=1S/C19H15Cl2N3S/c20-11-5-6-13(15(21)7-11)16-14(8-22)19(23)24-17-12-4-2-1-3-10(12)9-25-18(16)17/h1-7H,8-9,22H2,(H2,23,24). The van der Waals surface area contributed by atoms with E-state index in [4.69, 9.17) is 34.7 Å². The Labute approximate surface area is 160 Å². The number of thioether (sulfide) groups is 1. The van der Waals surface area contributed by atoms with Gasteiger partial charge >= 0.3 is 0 Å². The van der Waals surface area contributed by atoms with Gasteiger partial charge in [0.15, 0.2) is 0 Å². The fourth-order valence-electron chi connectivity index (χ4n) is 3.16. The average molecular weight is 388 g/mol. The highest BCUT2D eigenvalue weighted by Gasteiger charge is 2.26. The highest BCUT2D eigenvalue weighted by molar-refractivity contribution is 7.98. The Balaban J connectivity index is 2.06. The molecule has 25 heavy (non-hydrogen) atoms. The van der Waals surface area contributed by atoms with Gasteiger partial charge in [0.1, 0.15) is 5.82 Å². The maximum Gasteiger partial charge on any atom is 0.129 e. The number of hydrogen-bond donors (Lipinski definition) is 2. The van der Waals surface area contributed by atoms with Crippen LogP contribution in [0.4, 0.5) is 5.82 Å². The van der Waals surface area contributed by atoms with Crippen molar-refractivity contribution in [2.75, 3.05) is 5.73 Å². The maximum absolute atomic E-state index is 6.49. The summed E-state index contributed by atoms with van der Waals surface area (Å²) < 4.78 is 0. The van der Waals surface area contributed by atoms with Crippen molar-refractivity contribution in [1.82, 2.24) is 4.98 Å². The smallest absolute Gasteiger partial charge is 0.129 e. The second-order valence-electron chi connectivity index (χ2n) is 5.80. The third-order valence-corrected chi connectivity index (χ3v) is 6.02. The van der Waals surface area contributed by atoms with E-state index in [0.717, 1.165) is 38.6 Å². The number of fused-ring (bicyclic) bond motifs is 3. The fourth-order valence-corrected chi connectivity index (χ4v) is 4.88. The van der Waals surface area contributed by atoms with Crippen LogP contribution in [0.2, 0.25) is 10.0 Å². The van der Waals surface area contributed by atoms with E-state index in [1.54, 1.807) is 17.8 Å². The summed E-state index contributed by atoms with van der Waals surface area (Å²) in [6.45, 7) is 0.294. The number of anilines is 1. The van der Waals surface area contributed by atoms with Gasteiger partial charge in [-0.2, -0.15) is 0 Å². The molecule has 0 unspecified atom stereocenters. The number of halogens is 2. The Hall–Kier alpha value is -1.72. The molecule has 3 nitrogen and oxygen atoms in total. The molecule has 126 valence electrons. The molecule has 2 heterocycles. The zero-order chi connectivity index (χ0) is 17.6. The molecule has 1 aliphatic heterocycles. The van der Waals surface area contributed by atoms with Crippen LogP contribution in [0.25, 0.3) is 22.4 Å². The summed E-state index contributed by atoms with van der Waals surface area (Å²) in [5.41, 5.74) is 18.2. The molecule has 2 aromatic carbocycles. The van der Waals surface area contributed by atoms with Crippen LogP contribution in [0.5, 0.6) is 0 Å². The Kier molecular flexibility index (Phi) is 4.38. The summed E-state index contributed by atoms with van der Waals surface area (Å²) in [6, 6.07) is 13.7. The Morgan fingerprint density at radius 1 is 1.08 bits per heavy atom. The molecular formula is C19H15Cl2N3S. The topological polar surface area (TPSA) is 64.9 Å². The molecule has 0 saturated heterocycles.